The van der Waals surface area contributed by atoms with Crippen molar-refractivity contribution in [1.29, 1.82) is 0 Å². The molecule has 4 heteroatoms. The number of anilines is 1. The Morgan fingerprint density at radius 3 is 2.85 bits per heavy atom. The average Bonchev–Trinajstić information content (AvgIpc) is 2.82. The molecule has 1 aromatic carbocycles. The fourth-order valence-electron chi connectivity index (χ4n) is 2.97. The first-order valence-corrected chi connectivity index (χ1v) is 8.82. The summed E-state index contributed by atoms with van der Waals surface area (Å²) in [5, 5.41) is 3.58. The summed E-state index contributed by atoms with van der Waals surface area (Å²) in [5.41, 5.74) is 8.04. The maximum atomic E-state index is 5.93. The number of hydrogen-bond donors (Lipinski definition) is 2. The van der Waals surface area contributed by atoms with E-state index in [4.69, 9.17) is 18.0 Å². The van der Waals surface area contributed by atoms with Crippen LogP contribution in [0.15, 0.2) is 23.1 Å². The summed E-state index contributed by atoms with van der Waals surface area (Å²) in [5.74, 6) is 2.62. The lowest BCUT2D eigenvalue weighted by atomic mass is 9.98. The van der Waals surface area contributed by atoms with Crippen molar-refractivity contribution in [3.63, 3.8) is 0 Å². The van der Waals surface area contributed by atoms with Crippen LogP contribution in [-0.2, 0) is 0 Å². The minimum atomic E-state index is 0.489. The molecular formula is C16H24N2S2. The summed E-state index contributed by atoms with van der Waals surface area (Å²) in [7, 11) is 0. The van der Waals surface area contributed by atoms with Gasteiger partial charge in [0.2, 0.25) is 0 Å². The minimum absolute atomic E-state index is 0.489. The highest BCUT2D eigenvalue weighted by Crippen LogP contribution is 2.33. The minimum Gasteiger partial charge on any atom is -0.389 e. The van der Waals surface area contributed by atoms with Gasteiger partial charge < -0.3 is 11.1 Å². The zero-order valence-corrected chi connectivity index (χ0v) is 13.9. The Kier molecular flexibility index (Phi) is 5.73. The van der Waals surface area contributed by atoms with E-state index in [9.17, 15) is 0 Å². The Hall–Kier alpha value is -0.740. The summed E-state index contributed by atoms with van der Waals surface area (Å²) in [6.07, 6.45) is 4.06. The second-order valence-electron chi connectivity index (χ2n) is 5.53. The molecule has 2 rings (SSSR count). The van der Waals surface area contributed by atoms with Crippen LogP contribution in [-0.4, -0.2) is 17.3 Å². The van der Waals surface area contributed by atoms with Crippen molar-refractivity contribution < 1.29 is 0 Å². The van der Waals surface area contributed by atoms with Crippen molar-refractivity contribution in [2.24, 2.45) is 17.6 Å². The first-order chi connectivity index (χ1) is 9.63. The van der Waals surface area contributed by atoms with Crippen LogP contribution < -0.4 is 11.1 Å². The van der Waals surface area contributed by atoms with Gasteiger partial charge >= 0.3 is 0 Å². The Morgan fingerprint density at radius 2 is 2.25 bits per heavy atom. The van der Waals surface area contributed by atoms with Crippen LogP contribution in [0.1, 0.15) is 38.7 Å². The van der Waals surface area contributed by atoms with Gasteiger partial charge in [0.15, 0.2) is 0 Å². The fourth-order valence-corrected chi connectivity index (χ4v) is 4.11. The predicted molar refractivity (Wildman–Crippen MR) is 93.7 cm³/mol. The van der Waals surface area contributed by atoms with Crippen molar-refractivity contribution in [1.82, 2.24) is 0 Å². The van der Waals surface area contributed by atoms with Gasteiger partial charge in [0.25, 0.3) is 0 Å². The smallest absolute Gasteiger partial charge is 0.107 e. The molecule has 1 aromatic rings. The standard InChI is InChI=1S/C16H24N2S2/c1-3-20-14-9-5-8-13(15(14)16(17)19)18-10-12-7-4-6-11(12)2/h5,8-9,11-12,18H,3-4,6-7,10H2,1-2H3,(H2,17,19). The number of benzene rings is 1. The van der Waals surface area contributed by atoms with E-state index in [0.717, 1.165) is 35.4 Å². The van der Waals surface area contributed by atoms with E-state index in [2.05, 4.69) is 37.4 Å². The van der Waals surface area contributed by atoms with Crippen LogP contribution in [0.3, 0.4) is 0 Å². The van der Waals surface area contributed by atoms with Gasteiger partial charge in [0, 0.05) is 22.7 Å². The first-order valence-electron chi connectivity index (χ1n) is 7.43. The van der Waals surface area contributed by atoms with Gasteiger partial charge in [-0.3, -0.25) is 0 Å². The molecule has 0 amide bonds. The zero-order valence-electron chi connectivity index (χ0n) is 12.3. The lowest BCUT2D eigenvalue weighted by Gasteiger charge is -2.19. The molecule has 0 radical (unpaired) electrons. The van der Waals surface area contributed by atoms with Gasteiger partial charge in [-0.1, -0.05) is 45.0 Å². The molecule has 2 unspecified atom stereocenters. The molecule has 20 heavy (non-hydrogen) atoms. The quantitative estimate of drug-likeness (QED) is 0.607. The Morgan fingerprint density at radius 1 is 1.45 bits per heavy atom. The van der Waals surface area contributed by atoms with Crippen LogP contribution in [0, 0.1) is 11.8 Å². The largest absolute Gasteiger partial charge is 0.389 e. The summed E-state index contributed by atoms with van der Waals surface area (Å²) in [6, 6.07) is 6.28. The van der Waals surface area contributed by atoms with Crippen LogP contribution in [0.25, 0.3) is 0 Å². The molecule has 2 atom stereocenters. The van der Waals surface area contributed by atoms with E-state index in [0.29, 0.717) is 4.99 Å². The predicted octanol–water partition coefficient (Wildman–Crippen LogP) is 4.28. The number of nitrogens with two attached hydrogens (primary N) is 1. The molecule has 1 fully saturated rings. The molecule has 0 heterocycles. The van der Waals surface area contributed by atoms with Crippen LogP contribution >= 0.6 is 24.0 Å². The summed E-state index contributed by atoms with van der Waals surface area (Å²) < 4.78 is 0. The Balaban J connectivity index is 2.13. The lowest BCUT2D eigenvalue weighted by molar-refractivity contribution is 0.439. The fraction of sp³-hybridized carbons (Fsp3) is 0.562. The number of thioether (sulfide) groups is 1. The number of hydrogen-bond acceptors (Lipinski definition) is 3. The van der Waals surface area contributed by atoms with Crippen LogP contribution in [0.4, 0.5) is 5.69 Å². The first kappa shape index (κ1) is 15.6. The number of thiocarbonyl (C=S) groups is 1. The SMILES string of the molecule is CCSc1cccc(NCC2CCCC2C)c1C(N)=S. The van der Waals surface area contributed by atoms with Gasteiger partial charge in [0.1, 0.15) is 4.99 Å². The van der Waals surface area contributed by atoms with Crippen molar-refractivity contribution in [3.05, 3.63) is 23.8 Å². The maximum absolute atomic E-state index is 5.93. The number of rotatable bonds is 6. The second-order valence-corrected chi connectivity index (χ2v) is 7.27. The van der Waals surface area contributed by atoms with E-state index in [-0.39, 0.29) is 0 Å². The highest BCUT2D eigenvalue weighted by Gasteiger charge is 2.23. The molecular weight excluding hydrogens is 284 g/mol. The summed E-state index contributed by atoms with van der Waals surface area (Å²) >= 11 is 7.04. The molecule has 110 valence electrons. The molecule has 0 aliphatic heterocycles. The molecule has 0 aromatic heterocycles. The van der Waals surface area contributed by atoms with Gasteiger partial charge in [-0.15, -0.1) is 11.8 Å². The highest BCUT2D eigenvalue weighted by molar-refractivity contribution is 7.99. The van der Waals surface area contributed by atoms with Crippen molar-refractivity contribution >= 4 is 34.7 Å². The molecule has 0 spiro atoms. The molecule has 2 nitrogen and oxygen atoms in total. The van der Waals surface area contributed by atoms with Gasteiger partial charge in [-0.25, -0.2) is 0 Å². The molecule has 1 saturated carbocycles. The Bertz CT molecular complexity index is 474. The van der Waals surface area contributed by atoms with Crippen LogP contribution in [0.2, 0.25) is 0 Å². The van der Waals surface area contributed by atoms with Crippen molar-refractivity contribution in [2.45, 2.75) is 38.0 Å². The third kappa shape index (κ3) is 3.67. The van der Waals surface area contributed by atoms with Crippen LogP contribution in [0.5, 0.6) is 0 Å². The van der Waals surface area contributed by atoms with Gasteiger partial charge in [-0.05, 0) is 36.1 Å². The number of nitrogens with one attached hydrogen (secondary N) is 1. The third-order valence-electron chi connectivity index (χ3n) is 4.17. The van der Waals surface area contributed by atoms with Crippen molar-refractivity contribution in [2.75, 3.05) is 17.6 Å². The van der Waals surface area contributed by atoms with E-state index >= 15 is 0 Å². The lowest BCUT2D eigenvalue weighted by Crippen LogP contribution is -2.20. The van der Waals surface area contributed by atoms with E-state index in [1.807, 2.05) is 0 Å². The van der Waals surface area contributed by atoms with E-state index in [1.165, 1.54) is 24.2 Å². The summed E-state index contributed by atoms with van der Waals surface area (Å²) in [4.78, 5) is 1.67. The second kappa shape index (κ2) is 7.32. The average molecular weight is 309 g/mol. The maximum Gasteiger partial charge on any atom is 0.107 e. The van der Waals surface area contributed by atoms with E-state index < -0.39 is 0 Å². The summed E-state index contributed by atoms with van der Waals surface area (Å²) in [6.45, 7) is 5.53. The highest BCUT2D eigenvalue weighted by atomic mass is 32.2. The van der Waals surface area contributed by atoms with Gasteiger partial charge in [-0.2, -0.15) is 0 Å². The monoisotopic (exact) mass is 308 g/mol. The normalized spacial score (nSPS) is 21.9. The molecule has 1 aliphatic carbocycles. The molecule has 0 bridgehead atoms. The van der Waals surface area contributed by atoms with Crippen molar-refractivity contribution in [3.8, 4) is 0 Å². The topological polar surface area (TPSA) is 38.0 Å². The van der Waals surface area contributed by atoms with E-state index in [1.54, 1.807) is 11.8 Å². The van der Waals surface area contributed by atoms with Gasteiger partial charge in [0.05, 0.1) is 0 Å². The molecule has 1 aliphatic rings. The Labute approximate surface area is 131 Å². The third-order valence-corrected chi connectivity index (χ3v) is 5.31. The molecule has 3 N–H and O–H groups in total. The zero-order chi connectivity index (χ0) is 14.5. The molecule has 0 saturated heterocycles.